The summed E-state index contributed by atoms with van der Waals surface area (Å²) in [6, 6.07) is 11.3. The highest BCUT2D eigenvalue weighted by Crippen LogP contribution is 2.25. The van der Waals surface area contributed by atoms with Crippen molar-refractivity contribution in [2.24, 2.45) is 0 Å². The normalized spacial score (nSPS) is 24.1. The summed E-state index contributed by atoms with van der Waals surface area (Å²) in [5.74, 6) is 0.0132. The number of aromatic nitrogens is 2. The molecule has 0 radical (unpaired) electrons. The summed E-state index contributed by atoms with van der Waals surface area (Å²) in [4.78, 5) is 16.6. The Kier molecular flexibility index (Phi) is 4.99. The quantitative estimate of drug-likeness (QED) is 0.834. The number of carbonyl (C=O) groups is 1. The molecule has 2 aliphatic heterocycles. The Balaban J connectivity index is 1.52. The van der Waals surface area contributed by atoms with Gasteiger partial charge in [-0.05, 0) is 18.2 Å². The van der Waals surface area contributed by atoms with E-state index in [1.165, 1.54) is 0 Å². The van der Waals surface area contributed by atoms with Crippen molar-refractivity contribution < 1.29 is 13.9 Å². The Morgan fingerprint density at radius 1 is 1.19 bits per heavy atom. The summed E-state index contributed by atoms with van der Waals surface area (Å²) in [6.45, 7) is 3.05. The first kappa shape index (κ1) is 17.2. The minimum absolute atomic E-state index is 0.0132. The van der Waals surface area contributed by atoms with Crippen molar-refractivity contribution in [2.45, 2.75) is 25.2 Å². The molecule has 1 aromatic carbocycles. The van der Waals surface area contributed by atoms with Gasteiger partial charge in [0.15, 0.2) is 0 Å². The number of morpholine rings is 1. The number of benzene rings is 1. The SMILES string of the molecule is O=C([C@@H]1C[C@@H](F)CN1Cc1ccnn1-c1ccccc1)N1CCOCC1. The molecule has 4 rings (SSSR count). The maximum absolute atomic E-state index is 14.1. The average Bonchev–Trinajstić information content (AvgIpc) is 3.29. The summed E-state index contributed by atoms with van der Waals surface area (Å²) in [5.41, 5.74) is 1.91. The summed E-state index contributed by atoms with van der Waals surface area (Å²) in [7, 11) is 0. The Labute approximate surface area is 152 Å². The molecule has 2 fully saturated rings. The van der Waals surface area contributed by atoms with Crippen molar-refractivity contribution >= 4 is 5.91 Å². The lowest BCUT2D eigenvalue weighted by molar-refractivity contribution is -0.140. The summed E-state index contributed by atoms with van der Waals surface area (Å²) in [5, 5.41) is 4.39. The van der Waals surface area contributed by atoms with Gasteiger partial charge in [0.25, 0.3) is 0 Å². The van der Waals surface area contributed by atoms with Crippen LogP contribution < -0.4 is 0 Å². The Hall–Kier alpha value is -2.25. The van der Waals surface area contributed by atoms with E-state index in [4.69, 9.17) is 4.74 Å². The van der Waals surface area contributed by atoms with Crippen LogP contribution in [0.4, 0.5) is 4.39 Å². The molecule has 26 heavy (non-hydrogen) atoms. The average molecular weight is 358 g/mol. The number of hydrogen-bond acceptors (Lipinski definition) is 4. The zero-order valence-electron chi connectivity index (χ0n) is 14.6. The third-order valence-electron chi connectivity index (χ3n) is 5.05. The molecule has 3 heterocycles. The minimum atomic E-state index is -0.974. The van der Waals surface area contributed by atoms with Gasteiger partial charge in [0.1, 0.15) is 6.17 Å². The smallest absolute Gasteiger partial charge is 0.240 e. The number of amides is 1. The predicted octanol–water partition coefficient (Wildman–Crippen LogP) is 1.64. The number of carbonyl (C=O) groups excluding carboxylic acids is 1. The van der Waals surface area contributed by atoms with Crippen LogP contribution in [0.5, 0.6) is 0 Å². The molecule has 2 aromatic rings. The fraction of sp³-hybridized carbons (Fsp3) is 0.474. The standard InChI is InChI=1S/C19H23FN4O2/c20-15-12-18(19(25)22-8-10-26-11-9-22)23(13-15)14-17-6-7-21-24(17)16-4-2-1-3-5-16/h1-7,15,18H,8-14H2/t15-,18+/m1/s1. The fourth-order valence-electron chi connectivity index (χ4n) is 3.73. The van der Waals surface area contributed by atoms with Gasteiger partial charge in [-0.1, -0.05) is 18.2 Å². The number of para-hydroxylation sites is 1. The third-order valence-corrected chi connectivity index (χ3v) is 5.05. The van der Waals surface area contributed by atoms with Crippen LogP contribution in [0.1, 0.15) is 12.1 Å². The van der Waals surface area contributed by atoms with Gasteiger partial charge in [-0.25, -0.2) is 9.07 Å². The molecule has 2 atom stereocenters. The number of hydrogen-bond donors (Lipinski definition) is 0. The molecule has 1 aromatic heterocycles. The highest BCUT2D eigenvalue weighted by Gasteiger charge is 2.39. The van der Waals surface area contributed by atoms with Crippen molar-refractivity contribution in [3.05, 3.63) is 48.3 Å². The lowest BCUT2D eigenvalue weighted by Crippen LogP contribution is -2.49. The van der Waals surface area contributed by atoms with E-state index in [0.717, 1.165) is 11.4 Å². The fourth-order valence-corrected chi connectivity index (χ4v) is 3.73. The second-order valence-electron chi connectivity index (χ2n) is 6.79. The summed E-state index contributed by atoms with van der Waals surface area (Å²) < 4.78 is 21.3. The van der Waals surface area contributed by atoms with Crippen molar-refractivity contribution in [3.63, 3.8) is 0 Å². The molecule has 0 spiro atoms. The second-order valence-corrected chi connectivity index (χ2v) is 6.79. The van der Waals surface area contributed by atoms with E-state index in [-0.39, 0.29) is 18.9 Å². The van der Waals surface area contributed by atoms with E-state index in [9.17, 15) is 9.18 Å². The number of alkyl halides is 1. The van der Waals surface area contributed by atoms with Gasteiger partial charge >= 0.3 is 0 Å². The molecule has 6 nitrogen and oxygen atoms in total. The van der Waals surface area contributed by atoms with E-state index in [0.29, 0.717) is 32.8 Å². The lowest BCUT2D eigenvalue weighted by Gasteiger charge is -2.32. The topological polar surface area (TPSA) is 50.6 Å². The van der Waals surface area contributed by atoms with Gasteiger partial charge in [-0.15, -0.1) is 0 Å². The van der Waals surface area contributed by atoms with Crippen molar-refractivity contribution in [3.8, 4) is 5.69 Å². The number of halogens is 1. The van der Waals surface area contributed by atoms with E-state index in [1.54, 1.807) is 11.1 Å². The molecule has 138 valence electrons. The van der Waals surface area contributed by atoms with Gasteiger partial charge in [0.2, 0.25) is 5.91 Å². The van der Waals surface area contributed by atoms with Crippen LogP contribution in [0.2, 0.25) is 0 Å². The summed E-state index contributed by atoms with van der Waals surface area (Å²) in [6.07, 6.45) is 1.03. The van der Waals surface area contributed by atoms with E-state index in [2.05, 4.69) is 5.10 Å². The van der Waals surface area contributed by atoms with E-state index >= 15 is 0 Å². The Morgan fingerprint density at radius 2 is 1.96 bits per heavy atom. The minimum Gasteiger partial charge on any atom is -0.378 e. The molecule has 2 saturated heterocycles. The van der Waals surface area contributed by atoms with Crippen LogP contribution in [0.25, 0.3) is 5.69 Å². The lowest BCUT2D eigenvalue weighted by atomic mass is 10.1. The molecular formula is C19H23FN4O2. The Bertz CT molecular complexity index is 745. The first-order valence-electron chi connectivity index (χ1n) is 9.05. The van der Waals surface area contributed by atoms with Crippen LogP contribution in [-0.2, 0) is 16.1 Å². The number of ether oxygens (including phenoxy) is 1. The number of likely N-dealkylation sites (tertiary alicyclic amines) is 1. The molecule has 0 N–H and O–H groups in total. The molecule has 0 unspecified atom stereocenters. The summed E-state index contributed by atoms with van der Waals surface area (Å²) >= 11 is 0. The molecule has 0 bridgehead atoms. The van der Waals surface area contributed by atoms with Crippen molar-refractivity contribution in [1.29, 1.82) is 0 Å². The zero-order chi connectivity index (χ0) is 17.9. The maximum atomic E-state index is 14.1. The van der Waals surface area contributed by atoms with Gasteiger partial charge in [0, 0.05) is 38.8 Å². The van der Waals surface area contributed by atoms with Gasteiger partial charge in [0.05, 0.1) is 30.6 Å². The zero-order valence-corrected chi connectivity index (χ0v) is 14.6. The number of rotatable bonds is 4. The van der Waals surface area contributed by atoms with Crippen LogP contribution in [0.15, 0.2) is 42.6 Å². The molecule has 0 saturated carbocycles. The van der Waals surface area contributed by atoms with Crippen LogP contribution in [-0.4, -0.2) is 70.5 Å². The maximum Gasteiger partial charge on any atom is 0.240 e. The molecule has 0 aliphatic carbocycles. The molecule has 7 heteroatoms. The monoisotopic (exact) mass is 358 g/mol. The van der Waals surface area contributed by atoms with Crippen molar-refractivity contribution in [1.82, 2.24) is 19.6 Å². The first-order valence-corrected chi connectivity index (χ1v) is 9.05. The molecule has 2 aliphatic rings. The predicted molar refractivity (Wildman–Crippen MR) is 94.7 cm³/mol. The van der Waals surface area contributed by atoms with Gasteiger partial charge in [-0.2, -0.15) is 5.10 Å². The third kappa shape index (κ3) is 3.50. The first-order chi connectivity index (χ1) is 12.7. The molecule has 1 amide bonds. The van der Waals surface area contributed by atoms with Gasteiger partial charge in [-0.3, -0.25) is 9.69 Å². The van der Waals surface area contributed by atoms with Gasteiger partial charge < -0.3 is 9.64 Å². The second kappa shape index (κ2) is 7.55. The highest BCUT2D eigenvalue weighted by atomic mass is 19.1. The van der Waals surface area contributed by atoms with Crippen molar-refractivity contribution in [2.75, 3.05) is 32.8 Å². The van der Waals surface area contributed by atoms with E-state index in [1.807, 2.05) is 46.0 Å². The highest BCUT2D eigenvalue weighted by molar-refractivity contribution is 5.82. The van der Waals surface area contributed by atoms with Crippen LogP contribution in [0, 0.1) is 0 Å². The number of nitrogens with zero attached hydrogens (tertiary/aromatic N) is 4. The van der Waals surface area contributed by atoms with E-state index < -0.39 is 12.2 Å². The van der Waals surface area contributed by atoms with Crippen LogP contribution in [0.3, 0.4) is 0 Å². The van der Waals surface area contributed by atoms with Crippen LogP contribution >= 0.6 is 0 Å². The molecular weight excluding hydrogens is 335 g/mol. The Morgan fingerprint density at radius 3 is 2.73 bits per heavy atom. The largest absolute Gasteiger partial charge is 0.378 e.